The van der Waals surface area contributed by atoms with E-state index in [1.54, 1.807) is 65.8 Å². The number of ether oxygens (including phenoxy) is 2. The Balaban J connectivity index is 2.93. The summed E-state index contributed by atoms with van der Waals surface area (Å²) >= 11 is 0. The molecule has 1 N–H and O–H groups in total. The van der Waals surface area contributed by atoms with Crippen molar-refractivity contribution in [1.82, 2.24) is 5.43 Å². The zero-order chi connectivity index (χ0) is 17.0. The quantitative estimate of drug-likeness (QED) is 0.800. The summed E-state index contributed by atoms with van der Waals surface area (Å²) in [6.45, 7) is 10.5. The number of para-hydroxylation sites is 1. The summed E-state index contributed by atoms with van der Waals surface area (Å²) in [5.74, 6) is 0. The van der Waals surface area contributed by atoms with E-state index in [4.69, 9.17) is 9.47 Å². The summed E-state index contributed by atoms with van der Waals surface area (Å²) in [5.41, 5.74) is 1.54. The third-order valence-corrected chi connectivity index (χ3v) is 2.19. The van der Waals surface area contributed by atoms with E-state index in [0.717, 1.165) is 5.01 Å². The van der Waals surface area contributed by atoms with E-state index in [1.165, 1.54) is 0 Å². The summed E-state index contributed by atoms with van der Waals surface area (Å²) in [6, 6.07) is 8.68. The van der Waals surface area contributed by atoms with Crippen LogP contribution in [0.4, 0.5) is 15.3 Å². The van der Waals surface area contributed by atoms with Crippen LogP contribution in [0.2, 0.25) is 0 Å². The molecular formula is C16H24N2O4. The second-order valence-corrected chi connectivity index (χ2v) is 6.76. The molecule has 0 spiro atoms. The Morgan fingerprint density at radius 3 is 1.86 bits per heavy atom. The Bertz CT molecular complexity index is 515. The molecule has 6 heteroatoms. The summed E-state index contributed by atoms with van der Waals surface area (Å²) in [4.78, 5) is 24.2. The Hall–Kier alpha value is -2.24. The molecule has 6 nitrogen and oxygen atoms in total. The van der Waals surface area contributed by atoms with Gasteiger partial charge in [0.25, 0.3) is 0 Å². The number of carbonyl (C=O) groups is 2. The summed E-state index contributed by atoms with van der Waals surface area (Å²) < 4.78 is 10.5. The van der Waals surface area contributed by atoms with Crippen LogP contribution in [-0.2, 0) is 9.47 Å². The van der Waals surface area contributed by atoms with Gasteiger partial charge in [0.15, 0.2) is 0 Å². The molecule has 1 aromatic rings. The highest BCUT2D eigenvalue weighted by Crippen LogP contribution is 2.17. The van der Waals surface area contributed by atoms with Gasteiger partial charge in [0.1, 0.15) is 11.2 Å². The second kappa shape index (κ2) is 6.68. The van der Waals surface area contributed by atoms with Crippen molar-refractivity contribution in [3.8, 4) is 0 Å². The third kappa shape index (κ3) is 6.47. The molecule has 0 aliphatic carbocycles. The first-order valence-electron chi connectivity index (χ1n) is 7.06. The van der Waals surface area contributed by atoms with Crippen molar-refractivity contribution in [3.63, 3.8) is 0 Å². The van der Waals surface area contributed by atoms with Gasteiger partial charge in [0.05, 0.1) is 5.69 Å². The Labute approximate surface area is 131 Å². The van der Waals surface area contributed by atoms with Gasteiger partial charge < -0.3 is 9.47 Å². The fourth-order valence-corrected chi connectivity index (χ4v) is 1.49. The molecular weight excluding hydrogens is 284 g/mol. The molecule has 0 fully saturated rings. The predicted octanol–water partition coefficient (Wildman–Crippen LogP) is 3.87. The SMILES string of the molecule is CC(C)(C)OC(=O)NN(C(=O)OC(C)(C)C)c1ccccc1. The summed E-state index contributed by atoms with van der Waals surface area (Å²) in [5, 5.41) is 1.03. The lowest BCUT2D eigenvalue weighted by molar-refractivity contribution is 0.0425. The van der Waals surface area contributed by atoms with E-state index >= 15 is 0 Å². The number of nitrogens with one attached hydrogen (secondary N) is 1. The predicted molar refractivity (Wildman–Crippen MR) is 84.5 cm³/mol. The average Bonchev–Trinajstić information content (AvgIpc) is 2.32. The van der Waals surface area contributed by atoms with E-state index in [2.05, 4.69) is 5.43 Å². The Morgan fingerprint density at radius 1 is 0.909 bits per heavy atom. The highest BCUT2D eigenvalue weighted by Gasteiger charge is 2.27. The van der Waals surface area contributed by atoms with Crippen molar-refractivity contribution in [2.75, 3.05) is 5.01 Å². The molecule has 0 aliphatic rings. The molecule has 0 bridgehead atoms. The highest BCUT2D eigenvalue weighted by molar-refractivity contribution is 5.90. The van der Waals surface area contributed by atoms with Crippen LogP contribution >= 0.6 is 0 Å². The molecule has 0 unspecified atom stereocenters. The third-order valence-electron chi connectivity index (χ3n) is 2.19. The van der Waals surface area contributed by atoms with Crippen molar-refractivity contribution in [1.29, 1.82) is 0 Å². The number of carbonyl (C=O) groups excluding carboxylic acids is 2. The zero-order valence-electron chi connectivity index (χ0n) is 14.0. The van der Waals surface area contributed by atoms with Gasteiger partial charge >= 0.3 is 12.2 Å². The lowest BCUT2D eigenvalue weighted by Crippen LogP contribution is -2.50. The maximum absolute atomic E-state index is 12.3. The van der Waals surface area contributed by atoms with Crippen molar-refractivity contribution in [2.45, 2.75) is 52.7 Å². The number of hydrazine groups is 1. The lowest BCUT2D eigenvalue weighted by Gasteiger charge is -2.28. The molecule has 1 aromatic carbocycles. The van der Waals surface area contributed by atoms with Gasteiger partial charge in [-0.2, -0.15) is 5.01 Å². The highest BCUT2D eigenvalue weighted by atomic mass is 16.6. The summed E-state index contributed by atoms with van der Waals surface area (Å²) in [7, 11) is 0. The maximum Gasteiger partial charge on any atom is 0.434 e. The molecule has 0 aromatic heterocycles. The molecule has 0 aliphatic heterocycles. The van der Waals surface area contributed by atoms with Crippen LogP contribution in [0.3, 0.4) is 0 Å². The molecule has 22 heavy (non-hydrogen) atoms. The summed E-state index contributed by atoms with van der Waals surface area (Å²) in [6.07, 6.45) is -1.42. The van der Waals surface area contributed by atoms with Gasteiger partial charge in [-0.25, -0.2) is 15.0 Å². The Morgan fingerprint density at radius 2 is 1.41 bits per heavy atom. The van der Waals surface area contributed by atoms with Gasteiger partial charge in [0, 0.05) is 0 Å². The number of nitrogens with zero attached hydrogens (tertiary/aromatic N) is 1. The molecule has 0 radical (unpaired) electrons. The number of hydrogen-bond donors (Lipinski definition) is 1. The number of hydrogen-bond acceptors (Lipinski definition) is 4. The van der Waals surface area contributed by atoms with Crippen LogP contribution in [0.25, 0.3) is 0 Å². The monoisotopic (exact) mass is 308 g/mol. The van der Waals surface area contributed by atoms with Gasteiger partial charge in [-0.3, -0.25) is 0 Å². The van der Waals surface area contributed by atoms with Crippen molar-refractivity contribution in [2.24, 2.45) is 0 Å². The number of amides is 2. The number of benzene rings is 1. The van der Waals surface area contributed by atoms with Gasteiger partial charge in [-0.05, 0) is 53.7 Å². The van der Waals surface area contributed by atoms with Crippen LogP contribution in [0.1, 0.15) is 41.5 Å². The van der Waals surface area contributed by atoms with Crippen LogP contribution < -0.4 is 10.4 Å². The van der Waals surface area contributed by atoms with Crippen LogP contribution in [-0.4, -0.2) is 23.4 Å². The van der Waals surface area contributed by atoms with Crippen LogP contribution in [0.15, 0.2) is 30.3 Å². The molecule has 2 amide bonds. The maximum atomic E-state index is 12.3. The van der Waals surface area contributed by atoms with Crippen molar-refractivity contribution in [3.05, 3.63) is 30.3 Å². The number of rotatable bonds is 1. The van der Waals surface area contributed by atoms with Crippen molar-refractivity contribution >= 4 is 17.9 Å². The topological polar surface area (TPSA) is 67.9 Å². The van der Waals surface area contributed by atoms with Gasteiger partial charge in [0.2, 0.25) is 0 Å². The fraction of sp³-hybridized carbons (Fsp3) is 0.500. The van der Waals surface area contributed by atoms with E-state index < -0.39 is 23.4 Å². The van der Waals surface area contributed by atoms with Gasteiger partial charge in [-0.15, -0.1) is 0 Å². The normalized spacial score (nSPS) is 11.5. The van der Waals surface area contributed by atoms with E-state index in [0.29, 0.717) is 5.69 Å². The first-order chi connectivity index (χ1) is 9.98. The Kier molecular flexibility index (Phi) is 5.41. The minimum Gasteiger partial charge on any atom is -0.443 e. The molecule has 0 saturated heterocycles. The van der Waals surface area contributed by atoms with Crippen molar-refractivity contribution < 1.29 is 19.1 Å². The first-order valence-corrected chi connectivity index (χ1v) is 7.06. The molecule has 1 rings (SSSR count). The van der Waals surface area contributed by atoms with Crippen LogP contribution in [0, 0.1) is 0 Å². The standard InChI is InChI=1S/C16H24N2O4/c1-15(2,3)21-13(19)17-18(12-10-8-7-9-11-12)14(20)22-16(4,5)6/h7-11H,1-6H3,(H,17,19). The average molecular weight is 308 g/mol. The smallest absolute Gasteiger partial charge is 0.434 e. The number of anilines is 1. The van der Waals surface area contributed by atoms with Gasteiger partial charge in [-0.1, -0.05) is 18.2 Å². The van der Waals surface area contributed by atoms with E-state index in [1.807, 2.05) is 6.07 Å². The van der Waals surface area contributed by atoms with E-state index in [-0.39, 0.29) is 0 Å². The minimum atomic E-state index is -0.734. The molecule has 122 valence electrons. The first kappa shape index (κ1) is 17.8. The largest absolute Gasteiger partial charge is 0.443 e. The van der Waals surface area contributed by atoms with Crippen LogP contribution in [0.5, 0.6) is 0 Å². The van der Waals surface area contributed by atoms with E-state index in [9.17, 15) is 9.59 Å². The minimum absolute atomic E-state index is 0.475. The fourth-order valence-electron chi connectivity index (χ4n) is 1.49. The zero-order valence-corrected chi connectivity index (χ0v) is 14.0. The lowest BCUT2D eigenvalue weighted by atomic mass is 10.2. The molecule has 0 heterocycles. The molecule has 0 atom stereocenters. The second-order valence-electron chi connectivity index (χ2n) is 6.76. The molecule has 0 saturated carbocycles.